The van der Waals surface area contributed by atoms with Crippen LogP contribution in [0.25, 0.3) is 0 Å². The number of imide groups is 1. The van der Waals surface area contributed by atoms with Gasteiger partial charge in [0.15, 0.2) is 0 Å². The number of benzene rings is 2. The van der Waals surface area contributed by atoms with Gasteiger partial charge in [-0.2, -0.15) is 0 Å². The Labute approximate surface area is 187 Å². The lowest BCUT2D eigenvalue weighted by atomic mass is 9.75. The molecule has 0 bridgehead atoms. The van der Waals surface area contributed by atoms with Gasteiger partial charge < -0.3 is 5.32 Å². The third-order valence-corrected chi connectivity index (χ3v) is 8.31. The van der Waals surface area contributed by atoms with Crippen LogP contribution in [-0.2, 0) is 26.3 Å². The van der Waals surface area contributed by atoms with Crippen LogP contribution in [-0.4, -0.2) is 35.2 Å². The van der Waals surface area contributed by atoms with E-state index < -0.39 is 17.4 Å². The number of hydrogen-bond acceptors (Lipinski definition) is 4. The van der Waals surface area contributed by atoms with Crippen molar-refractivity contribution in [1.82, 2.24) is 4.90 Å². The maximum atomic E-state index is 14.1. The van der Waals surface area contributed by atoms with Gasteiger partial charge in [-0.25, -0.2) is 4.90 Å². The van der Waals surface area contributed by atoms with Crippen LogP contribution in [0, 0.1) is 25.7 Å². The molecule has 0 saturated carbocycles. The lowest BCUT2D eigenvalue weighted by Crippen LogP contribution is -2.54. The molecule has 0 radical (unpaired) electrons. The predicted molar refractivity (Wildman–Crippen MR) is 121 cm³/mol. The first-order valence-corrected chi connectivity index (χ1v) is 11.6. The summed E-state index contributed by atoms with van der Waals surface area (Å²) in [5.74, 6) is -1.75. The zero-order valence-corrected chi connectivity index (χ0v) is 18.6. The zero-order valence-electron chi connectivity index (χ0n) is 18.6. The molecule has 6 rings (SSSR count). The number of fused-ring (bicyclic) bond motifs is 7. The summed E-state index contributed by atoms with van der Waals surface area (Å²) in [6.45, 7) is 6.72. The molecule has 1 N–H and O–H groups in total. The van der Waals surface area contributed by atoms with Crippen molar-refractivity contribution in [3.05, 3.63) is 58.7 Å². The highest BCUT2D eigenvalue weighted by Crippen LogP contribution is 2.61. The molecule has 4 heterocycles. The van der Waals surface area contributed by atoms with Gasteiger partial charge >= 0.3 is 0 Å². The van der Waals surface area contributed by atoms with E-state index in [1.54, 1.807) is 0 Å². The summed E-state index contributed by atoms with van der Waals surface area (Å²) in [5, 5.41) is 3.12. The smallest absolute Gasteiger partial charge is 0.250 e. The molecule has 4 unspecified atom stereocenters. The van der Waals surface area contributed by atoms with E-state index in [2.05, 4.69) is 17.1 Å². The Kier molecular flexibility index (Phi) is 4.01. The van der Waals surface area contributed by atoms with Crippen LogP contribution in [0.1, 0.15) is 42.0 Å². The molecule has 6 nitrogen and oxygen atoms in total. The lowest BCUT2D eigenvalue weighted by Gasteiger charge is -2.36. The molecule has 4 atom stereocenters. The van der Waals surface area contributed by atoms with Crippen molar-refractivity contribution in [1.29, 1.82) is 0 Å². The first-order valence-electron chi connectivity index (χ1n) is 11.6. The van der Waals surface area contributed by atoms with Gasteiger partial charge in [-0.1, -0.05) is 37.3 Å². The number of rotatable bonds is 2. The molecule has 6 heteroatoms. The van der Waals surface area contributed by atoms with Crippen molar-refractivity contribution in [3.63, 3.8) is 0 Å². The molecule has 1 spiro atoms. The minimum absolute atomic E-state index is 0.0893. The number of nitrogens with zero attached hydrogens (tertiary/aromatic N) is 2. The van der Waals surface area contributed by atoms with Crippen LogP contribution in [0.3, 0.4) is 0 Å². The molecule has 2 aromatic carbocycles. The average molecular weight is 430 g/mol. The summed E-state index contributed by atoms with van der Waals surface area (Å²) in [6.07, 6.45) is 2.55. The van der Waals surface area contributed by atoms with Crippen molar-refractivity contribution in [2.75, 3.05) is 16.8 Å². The van der Waals surface area contributed by atoms with Crippen molar-refractivity contribution >= 4 is 29.1 Å². The average Bonchev–Trinajstić information content (AvgIpc) is 3.49. The first kappa shape index (κ1) is 19.7. The minimum atomic E-state index is -1.11. The first-order chi connectivity index (χ1) is 15.4. The summed E-state index contributed by atoms with van der Waals surface area (Å²) in [5.41, 5.74) is 4.27. The highest BCUT2D eigenvalue weighted by atomic mass is 16.2. The molecule has 3 amide bonds. The lowest BCUT2D eigenvalue weighted by molar-refractivity contribution is -0.135. The third-order valence-electron chi connectivity index (χ3n) is 8.31. The fraction of sp³-hybridized carbons (Fsp3) is 0.423. The van der Waals surface area contributed by atoms with Crippen LogP contribution in [0.2, 0.25) is 0 Å². The summed E-state index contributed by atoms with van der Waals surface area (Å²) in [7, 11) is 0. The van der Waals surface area contributed by atoms with Crippen molar-refractivity contribution < 1.29 is 14.4 Å². The van der Waals surface area contributed by atoms with Crippen LogP contribution >= 0.6 is 0 Å². The number of hydrogen-bond donors (Lipinski definition) is 1. The van der Waals surface area contributed by atoms with Crippen molar-refractivity contribution in [3.8, 4) is 0 Å². The normalized spacial score (nSPS) is 30.8. The molecule has 4 aliphatic rings. The molecule has 164 valence electrons. The zero-order chi connectivity index (χ0) is 22.4. The molecule has 0 aromatic heterocycles. The Morgan fingerprint density at radius 1 is 1.06 bits per heavy atom. The second kappa shape index (κ2) is 6.51. The van der Waals surface area contributed by atoms with E-state index in [9.17, 15) is 14.4 Å². The van der Waals surface area contributed by atoms with Crippen LogP contribution < -0.4 is 10.2 Å². The number of aryl methyl sites for hydroxylation is 2. The quantitative estimate of drug-likeness (QED) is 0.744. The van der Waals surface area contributed by atoms with Crippen LogP contribution in [0.4, 0.5) is 11.4 Å². The Balaban J connectivity index is 1.57. The van der Waals surface area contributed by atoms with Gasteiger partial charge in [-0.05, 0) is 62.4 Å². The van der Waals surface area contributed by atoms with Gasteiger partial charge in [-0.15, -0.1) is 0 Å². The standard InChI is InChI=1S/C26H27N3O3/c1-4-16-9-6-10-17-22(16)27-25(32)26(17)21-20(19-12-7-13-28(19)26)23(30)29(24(21)31)18-11-5-8-14(2)15(18)3/h5-6,8-11,19-21H,4,7,12-13H2,1-3H3,(H,27,32). The number of amides is 3. The highest BCUT2D eigenvalue weighted by molar-refractivity contribution is 6.26. The topological polar surface area (TPSA) is 69.7 Å². The fourth-order valence-corrected chi connectivity index (χ4v) is 6.80. The van der Waals surface area contributed by atoms with Gasteiger partial charge in [0.25, 0.3) is 0 Å². The van der Waals surface area contributed by atoms with Crippen LogP contribution in [0.5, 0.6) is 0 Å². The molecule has 3 saturated heterocycles. The fourth-order valence-electron chi connectivity index (χ4n) is 6.80. The largest absolute Gasteiger partial charge is 0.324 e. The molecule has 0 aliphatic carbocycles. The monoisotopic (exact) mass is 429 g/mol. The number of anilines is 2. The van der Waals surface area contributed by atoms with E-state index in [1.165, 1.54) is 4.90 Å². The summed E-state index contributed by atoms with van der Waals surface area (Å²) < 4.78 is 0. The van der Waals surface area contributed by atoms with Crippen molar-refractivity contribution in [2.24, 2.45) is 11.8 Å². The number of carbonyl (C=O) groups is 3. The molecule has 2 aromatic rings. The Hall–Kier alpha value is -2.99. The van der Waals surface area contributed by atoms with Gasteiger partial charge in [0.2, 0.25) is 17.7 Å². The highest BCUT2D eigenvalue weighted by Gasteiger charge is 2.74. The second-order valence-corrected chi connectivity index (χ2v) is 9.55. The van der Waals surface area contributed by atoms with Gasteiger partial charge in [0, 0.05) is 17.3 Å². The maximum Gasteiger partial charge on any atom is 0.250 e. The van der Waals surface area contributed by atoms with E-state index >= 15 is 0 Å². The summed E-state index contributed by atoms with van der Waals surface area (Å²) in [4.78, 5) is 45.2. The number of nitrogens with one attached hydrogen (secondary N) is 1. The Bertz CT molecular complexity index is 1200. The van der Waals surface area contributed by atoms with E-state index in [-0.39, 0.29) is 23.8 Å². The molecule has 3 fully saturated rings. The van der Waals surface area contributed by atoms with E-state index in [4.69, 9.17) is 0 Å². The summed E-state index contributed by atoms with van der Waals surface area (Å²) >= 11 is 0. The van der Waals surface area contributed by atoms with Gasteiger partial charge in [0.1, 0.15) is 5.54 Å². The van der Waals surface area contributed by atoms with Crippen LogP contribution in [0.15, 0.2) is 36.4 Å². The van der Waals surface area contributed by atoms with Gasteiger partial charge in [-0.3, -0.25) is 19.3 Å². The van der Waals surface area contributed by atoms with E-state index in [0.29, 0.717) is 5.69 Å². The molecular weight excluding hydrogens is 402 g/mol. The Morgan fingerprint density at radius 2 is 1.84 bits per heavy atom. The SMILES string of the molecule is CCc1cccc2c1NC(=O)C21C2C(=O)N(c3cccc(C)c3C)C(=O)C2C2CCCN21. The van der Waals surface area contributed by atoms with E-state index in [1.807, 2.05) is 50.2 Å². The molecular formula is C26H27N3O3. The van der Waals surface area contributed by atoms with Crippen molar-refractivity contribution in [2.45, 2.75) is 51.6 Å². The Morgan fingerprint density at radius 3 is 2.62 bits per heavy atom. The van der Waals surface area contributed by atoms with E-state index in [0.717, 1.165) is 53.7 Å². The minimum Gasteiger partial charge on any atom is -0.324 e. The predicted octanol–water partition coefficient (Wildman–Crippen LogP) is 3.30. The van der Waals surface area contributed by atoms with Gasteiger partial charge in [0.05, 0.1) is 17.5 Å². The molecule has 4 aliphatic heterocycles. The third kappa shape index (κ3) is 2.11. The number of carbonyl (C=O) groups excluding carboxylic acids is 3. The summed E-state index contributed by atoms with van der Waals surface area (Å²) in [6, 6.07) is 11.6. The molecule has 32 heavy (non-hydrogen) atoms. The number of para-hydroxylation sites is 1. The second-order valence-electron chi connectivity index (χ2n) is 9.55. The maximum absolute atomic E-state index is 14.1.